The van der Waals surface area contributed by atoms with Crippen LogP contribution < -0.4 is 10.2 Å². The Morgan fingerprint density at radius 1 is 1.14 bits per heavy atom. The van der Waals surface area contributed by atoms with Crippen molar-refractivity contribution in [1.82, 2.24) is 4.90 Å². The highest BCUT2D eigenvalue weighted by molar-refractivity contribution is 5.89. The molecule has 0 unspecified atom stereocenters. The third-order valence-corrected chi connectivity index (χ3v) is 5.07. The standard InChI is InChI=1S/C19H24F2N4O4/c1-12(26)22-17-10-16(21)18(11-15(17)20)24-6-2-13(3-7-24)23-29-14-4-8-25(9-5-14)19(27)28/h10-11,14H,2-9H2,1H3,(H,22,26)(H,27,28). The minimum Gasteiger partial charge on any atom is -0.465 e. The van der Waals surface area contributed by atoms with Gasteiger partial charge in [0.05, 0.1) is 17.1 Å². The van der Waals surface area contributed by atoms with E-state index in [1.54, 1.807) is 4.90 Å². The molecule has 3 rings (SSSR count). The number of oxime groups is 1. The molecule has 0 radical (unpaired) electrons. The highest BCUT2D eigenvalue weighted by Crippen LogP contribution is 2.28. The Hall–Kier alpha value is -2.91. The normalized spacial score (nSPS) is 17.8. The summed E-state index contributed by atoms with van der Waals surface area (Å²) in [6, 6.07) is 2.08. The number of halogens is 2. The molecule has 0 aliphatic carbocycles. The van der Waals surface area contributed by atoms with Crippen LogP contribution in [-0.2, 0) is 9.63 Å². The molecule has 8 nitrogen and oxygen atoms in total. The van der Waals surface area contributed by atoms with Crippen LogP contribution in [0.3, 0.4) is 0 Å². The van der Waals surface area contributed by atoms with Crippen molar-refractivity contribution in [1.29, 1.82) is 0 Å². The summed E-state index contributed by atoms with van der Waals surface area (Å²) in [6.07, 6.45) is 1.28. The average Bonchev–Trinajstić information content (AvgIpc) is 2.69. The summed E-state index contributed by atoms with van der Waals surface area (Å²) < 4.78 is 28.5. The van der Waals surface area contributed by atoms with E-state index in [0.29, 0.717) is 51.9 Å². The first kappa shape index (κ1) is 20.8. The Kier molecular flexibility index (Phi) is 6.50. The minimum absolute atomic E-state index is 0.107. The van der Waals surface area contributed by atoms with Crippen LogP contribution >= 0.6 is 0 Å². The average molecular weight is 410 g/mol. The molecule has 2 amide bonds. The Morgan fingerprint density at radius 3 is 2.38 bits per heavy atom. The lowest BCUT2D eigenvalue weighted by molar-refractivity contribution is -0.114. The number of carboxylic acid groups (broad SMARTS) is 1. The van der Waals surface area contributed by atoms with Gasteiger partial charge in [0, 0.05) is 70.9 Å². The van der Waals surface area contributed by atoms with Gasteiger partial charge in [0.1, 0.15) is 17.7 Å². The van der Waals surface area contributed by atoms with Gasteiger partial charge in [0.2, 0.25) is 5.91 Å². The van der Waals surface area contributed by atoms with Gasteiger partial charge in [0.25, 0.3) is 0 Å². The summed E-state index contributed by atoms with van der Waals surface area (Å²) >= 11 is 0. The lowest BCUT2D eigenvalue weighted by Gasteiger charge is -2.31. The topological polar surface area (TPSA) is 94.5 Å². The van der Waals surface area contributed by atoms with E-state index >= 15 is 0 Å². The fourth-order valence-corrected chi connectivity index (χ4v) is 3.46. The molecule has 0 spiro atoms. The van der Waals surface area contributed by atoms with Crippen LogP contribution in [0.15, 0.2) is 17.3 Å². The van der Waals surface area contributed by atoms with E-state index in [9.17, 15) is 18.4 Å². The number of rotatable bonds is 4. The Bertz CT molecular complexity index is 800. The van der Waals surface area contributed by atoms with Crippen LogP contribution in [0.1, 0.15) is 32.6 Å². The van der Waals surface area contributed by atoms with Gasteiger partial charge in [-0.1, -0.05) is 5.16 Å². The first-order valence-corrected chi connectivity index (χ1v) is 9.54. The quantitative estimate of drug-likeness (QED) is 0.744. The first-order chi connectivity index (χ1) is 13.8. The summed E-state index contributed by atoms with van der Waals surface area (Å²) in [5.41, 5.74) is 0.815. The van der Waals surface area contributed by atoms with E-state index in [0.717, 1.165) is 17.8 Å². The van der Waals surface area contributed by atoms with Crippen LogP contribution in [0.2, 0.25) is 0 Å². The Labute approximate surface area is 167 Å². The molecule has 2 saturated heterocycles. The van der Waals surface area contributed by atoms with Crippen molar-refractivity contribution in [3.05, 3.63) is 23.8 Å². The second-order valence-electron chi connectivity index (χ2n) is 7.18. The van der Waals surface area contributed by atoms with Crippen molar-refractivity contribution in [2.75, 3.05) is 36.4 Å². The molecule has 0 saturated carbocycles. The van der Waals surface area contributed by atoms with Gasteiger partial charge in [-0.2, -0.15) is 0 Å². The molecule has 2 aliphatic rings. The number of anilines is 2. The molecule has 29 heavy (non-hydrogen) atoms. The van der Waals surface area contributed by atoms with Crippen molar-refractivity contribution in [2.24, 2.45) is 5.16 Å². The van der Waals surface area contributed by atoms with Crippen molar-refractivity contribution < 1.29 is 28.3 Å². The van der Waals surface area contributed by atoms with Gasteiger partial charge in [0.15, 0.2) is 0 Å². The van der Waals surface area contributed by atoms with Crippen molar-refractivity contribution in [3.8, 4) is 0 Å². The fraction of sp³-hybridized carbons (Fsp3) is 0.526. The van der Waals surface area contributed by atoms with E-state index in [1.165, 1.54) is 11.8 Å². The second kappa shape index (κ2) is 9.06. The number of nitrogens with zero attached hydrogens (tertiary/aromatic N) is 3. The van der Waals surface area contributed by atoms with Crippen LogP contribution in [-0.4, -0.2) is 60.0 Å². The molecular weight excluding hydrogens is 386 g/mol. The third kappa shape index (κ3) is 5.33. The maximum atomic E-state index is 14.4. The SMILES string of the molecule is CC(=O)Nc1cc(F)c(N2CCC(=NOC3CCN(C(=O)O)CC3)CC2)cc1F. The van der Waals surface area contributed by atoms with E-state index in [2.05, 4.69) is 10.5 Å². The number of nitrogens with one attached hydrogen (secondary N) is 1. The van der Waals surface area contributed by atoms with Crippen LogP contribution in [0, 0.1) is 11.6 Å². The molecule has 2 heterocycles. The molecule has 0 bridgehead atoms. The largest absolute Gasteiger partial charge is 0.465 e. The van der Waals surface area contributed by atoms with Gasteiger partial charge in [-0.25, -0.2) is 13.6 Å². The molecule has 0 atom stereocenters. The number of hydrogen-bond donors (Lipinski definition) is 2. The maximum absolute atomic E-state index is 14.4. The summed E-state index contributed by atoms with van der Waals surface area (Å²) in [5, 5.41) is 15.4. The second-order valence-corrected chi connectivity index (χ2v) is 7.18. The monoisotopic (exact) mass is 410 g/mol. The number of benzene rings is 1. The number of carbonyl (C=O) groups is 2. The smallest absolute Gasteiger partial charge is 0.407 e. The van der Waals surface area contributed by atoms with Gasteiger partial charge in [-0.05, 0) is 0 Å². The summed E-state index contributed by atoms with van der Waals surface area (Å²) in [4.78, 5) is 30.6. The van der Waals surface area contributed by atoms with Gasteiger partial charge in [-0.3, -0.25) is 4.79 Å². The molecule has 2 N–H and O–H groups in total. The lowest BCUT2D eigenvalue weighted by Crippen LogP contribution is -2.40. The lowest BCUT2D eigenvalue weighted by atomic mass is 10.1. The molecule has 0 aromatic heterocycles. The number of amides is 2. The third-order valence-electron chi connectivity index (χ3n) is 5.07. The van der Waals surface area contributed by atoms with Crippen molar-refractivity contribution in [3.63, 3.8) is 0 Å². The van der Waals surface area contributed by atoms with Crippen LogP contribution in [0.4, 0.5) is 25.0 Å². The highest BCUT2D eigenvalue weighted by atomic mass is 19.1. The maximum Gasteiger partial charge on any atom is 0.407 e. The number of likely N-dealkylation sites (tertiary alicyclic amines) is 1. The van der Waals surface area contributed by atoms with Crippen LogP contribution in [0.25, 0.3) is 0 Å². The predicted octanol–water partition coefficient (Wildman–Crippen LogP) is 3.04. The number of carbonyl (C=O) groups excluding carboxylic acids is 1. The molecule has 2 fully saturated rings. The summed E-state index contributed by atoms with van der Waals surface area (Å²) in [6.45, 7) is 3.02. The first-order valence-electron chi connectivity index (χ1n) is 9.54. The zero-order valence-corrected chi connectivity index (χ0v) is 16.2. The van der Waals surface area contributed by atoms with Gasteiger partial charge >= 0.3 is 6.09 Å². The number of hydrogen-bond acceptors (Lipinski definition) is 5. The van der Waals surface area contributed by atoms with E-state index in [-0.39, 0.29) is 17.5 Å². The molecule has 1 aromatic carbocycles. The van der Waals surface area contributed by atoms with Crippen molar-refractivity contribution in [2.45, 2.75) is 38.7 Å². The summed E-state index contributed by atoms with van der Waals surface area (Å²) in [5.74, 6) is -1.76. The fourth-order valence-electron chi connectivity index (χ4n) is 3.46. The van der Waals surface area contributed by atoms with E-state index < -0.39 is 23.6 Å². The molecule has 1 aromatic rings. The molecule has 2 aliphatic heterocycles. The summed E-state index contributed by atoms with van der Waals surface area (Å²) in [7, 11) is 0. The molecule has 158 valence electrons. The van der Waals surface area contributed by atoms with E-state index in [1.807, 2.05) is 0 Å². The van der Waals surface area contributed by atoms with E-state index in [4.69, 9.17) is 9.94 Å². The van der Waals surface area contributed by atoms with Gasteiger partial charge < -0.3 is 25.1 Å². The zero-order valence-electron chi connectivity index (χ0n) is 16.2. The van der Waals surface area contributed by atoms with Gasteiger partial charge in [-0.15, -0.1) is 0 Å². The predicted molar refractivity (Wildman–Crippen MR) is 103 cm³/mol. The zero-order chi connectivity index (χ0) is 21.0. The molecular formula is C19H24F2N4O4. The molecule has 10 heteroatoms. The minimum atomic E-state index is -0.920. The number of piperidine rings is 2. The Balaban J connectivity index is 1.53. The van der Waals surface area contributed by atoms with Crippen molar-refractivity contribution >= 4 is 29.1 Å². The highest BCUT2D eigenvalue weighted by Gasteiger charge is 2.24. The Morgan fingerprint density at radius 2 is 1.79 bits per heavy atom. The van der Waals surface area contributed by atoms with Crippen LogP contribution in [0.5, 0.6) is 0 Å².